The maximum Gasteiger partial charge on any atom is 0.274 e. The Labute approximate surface area is 221 Å². The van der Waals surface area contributed by atoms with Gasteiger partial charge >= 0.3 is 0 Å². The molecule has 2 bridgehead atoms. The van der Waals surface area contributed by atoms with Crippen LogP contribution in [0, 0.1) is 43.9 Å². The number of halogens is 2. The van der Waals surface area contributed by atoms with E-state index in [0.717, 1.165) is 22.2 Å². The number of para-hydroxylation sites is 1. The molecule has 3 fully saturated rings. The first-order valence-corrected chi connectivity index (χ1v) is 12.9. The van der Waals surface area contributed by atoms with Gasteiger partial charge in [-0.1, -0.05) is 50.1 Å². The molecule has 1 heterocycles. The number of nitro benzene ring substituents is 2. The van der Waals surface area contributed by atoms with E-state index in [1.807, 2.05) is 0 Å². The summed E-state index contributed by atoms with van der Waals surface area (Å²) in [6.07, 6.45) is 0.701. The molecule has 2 saturated carbocycles. The number of alkyl halides is 2. The van der Waals surface area contributed by atoms with Gasteiger partial charge in [-0.05, 0) is 30.4 Å². The predicted octanol–water partition coefficient (Wildman–Crippen LogP) is 3.84. The van der Waals surface area contributed by atoms with Gasteiger partial charge in [-0.15, -0.1) is 0 Å². The van der Waals surface area contributed by atoms with Gasteiger partial charge in [0.25, 0.3) is 29.1 Å². The van der Waals surface area contributed by atoms with Gasteiger partial charge in [0.1, 0.15) is 0 Å². The highest BCUT2D eigenvalue weighted by molar-refractivity contribution is 9.12. The zero-order valence-electron chi connectivity index (χ0n) is 18.4. The van der Waals surface area contributed by atoms with Crippen LogP contribution in [0.3, 0.4) is 0 Å². The molecule has 0 radical (unpaired) electrons. The summed E-state index contributed by atoms with van der Waals surface area (Å²) in [6, 6.07) is 10.5. The molecule has 1 saturated heterocycles. The number of rotatable bonds is 6. The van der Waals surface area contributed by atoms with Crippen molar-refractivity contribution in [2.45, 2.75) is 22.6 Å². The number of non-ortho nitro benzene ring substituents is 1. The molecule has 0 spiro atoms. The fourth-order valence-corrected chi connectivity index (χ4v) is 7.54. The van der Waals surface area contributed by atoms with Crippen molar-refractivity contribution >= 4 is 61.0 Å². The quantitative estimate of drug-likeness (QED) is 0.206. The molecular formula is C23H18Br2N4O7. The number of hydrogen-bond acceptors (Lipinski definition) is 7. The highest BCUT2D eigenvalue weighted by atomic mass is 79.9. The van der Waals surface area contributed by atoms with Crippen molar-refractivity contribution in [3.05, 3.63) is 79.9 Å². The van der Waals surface area contributed by atoms with E-state index in [0.29, 0.717) is 6.42 Å². The summed E-state index contributed by atoms with van der Waals surface area (Å²) in [5.41, 5.74) is -0.367. The van der Waals surface area contributed by atoms with Crippen LogP contribution < -0.4 is 0 Å². The van der Waals surface area contributed by atoms with E-state index in [1.54, 1.807) is 6.07 Å². The third-order valence-corrected chi connectivity index (χ3v) is 10.5. The number of nitro groups is 2. The van der Waals surface area contributed by atoms with Gasteiger partial charge in [0, 0.05) is 33.4 Å². The van der Waals surface area contributed by atoms with Crippen LogP contribution in [0.4, 0.5) is 11.4 Å². The molecule has 2 aromatic rings. The molecule has 0 unspecified atom stereocenters. The van der Waals surface area contributed by atoms with Gasteiger partial charge < -0.3 is 0 Å². The molecule has 3 amide bonds. The van der Waals surface area contributed by atoms with Crippen LogP contribution in [0.15, 0.2) is 48.5 Å². The Morgan fingerprint density at radius 2 is 1.47 bits per heavy atom. The molecule has 0 N–H and O–H groups in total. The minimum absolute atomic E-state index is 0.00319. The lowest BCUT2D eigenvalue weighted by molar-refractivity contribution is -0.385. The molecule has 11 nitrogen and oxygen atoms in total. The summed E-state index contributed by atoms with van der Waals surface area (Å²) in [5, 5.41) is 24.4. The van der Waals surface area contributed by atoms with Gasteiger partial charge in [0.2, 0.25) is 0 Å². The molecule has 3 aliphatic rings. The molecule has 13 heteroatoms. The van der Waals surface area contributed by atoms with Crippen molar-refractivity contribution in [1.82, 2.24) is 10.0 Å². The maximum atomic E-state index is 13.6. The van der Waals surface area contributed by atoms with E-state index in [2.05, 4.69) is 31.9 Å². The van der Waals surface area contributed by atoms with Gasteiger partial charge in [0.05, 0.1) is 33.8 Å². The Morgan fingerprint density at radius 3 is 2.00 bits per heavy atom. The molecular weight excluding hydrogens is 604 g/mol. The smallest absolute Gasteiger partial charge is 0.272 e. The molecule has 2 aliphatic carbocycles. The van der Waals surface area contributed by atoms with Gasteiger partial charge in [-0.3, -0.25) is 34.6 Å². The number of hydrogen-bond donors (Lipinski definition) is 0. The largest absolute Gasteiger partial charge is 0.274 e. The molecule has 6 atom stereocenters. The monoisotopic (exact) mass is 620 g/mol. The van der Waals surface area contributed by atoms with Crippen molar-refractivity contribution in [3.8, 4) is 0 Å². The Hall–Kier alpha value is -3.19. The van der Waals surface area contributed by atoms with E-state index in [9.17, 15) is 34.6 Å². The maximum absolute atomic E-state index is 13.6. The standard InChI is InChI=1S/C23H18Br2N4O7/c24-19-14-9-15(20(19)25)18-17(14)22(31)27(23(18)32)26(10-12-3-1-2-4-16(12)29(35)36)21(30)11-5-7-13(8-6-11)28(33)34/h1-8,14-15,17-20H,9-10H2/t14-,15-,17-,18+,19+,20+/m1/s1. The van der Waals surface area contributed by atoms with Gasteiger partial charge in [-0.2, -0.15) is 5.01 Å². The third-order valence-electron chi connectivity index (χ3n) is 7.27. The fraction of sp³-hybridized carbons (Fsp3) is 0.348. The molecule has 0 aromatic heterocycles. The van der Waals surface area contributed by atoms with Crippen molar-refractivity contribution in [3.63, 3.8) is 0 Å². The Morgan fingerprint density at radius 1 is 0.917 bits per heavy atom. The first-order valence-electron chi connectivity index (χ1n) is 11.1. The molecule has 1 aliphatic heterocycles. The summed E-state index contributed by atoms with van der Waals surface area (Å²) in [5.74, 6) is -3.19. The first kappa shape index (κ1) is 24.5. The van der Waals surface area contributed by atoms with E-state index in [1.165, 1.54) is 30.3 Å². The highest BCUT2D eigenvalue weighted by Crippen LogP contribution is 2.60. The highest BCUT2D eigenvalue weighted by Gasteiger charge is 2.67. The molecule has 186 valence electrons. The average Bonchev–Trinajstić information content (AvgIpc) is 3.47. The zero-order chi connectivity index (χ0) is 25.9. The lowest BCUT2D eigenvalue weighted by Crippen LogP contribution is -2.50. The van der Waals surface area contributed by atoms with Crippen LogP contribution in [0.1, 0.15) is 22.3 Å². The number of benzene rings is 2. The van der Waals surface area contributed by atoms with E-state index >= 15 is 0 Å². The minimum atomic E-state index is -0.775. The number of amides is 3. The van der Waals surface area contributed by atoms with Crippen LogP contribution in [-0.4, -0.2) is 47.2 Å². The third kappa shape index (κ3) is 3.72. The number of carbonyl (C=O) groups excluding carboxylic acids is 3. The number of imide groups is 1. The SMILES string of the molecule is O=C(c1ccc([N+](=O)[O-])cc1)N(Cc1ccccc1[N+](=O)[O-])N1C(=O)[C@@H]2[C@H]3C[C@@H]([C@H](Br)[C@H]3Br)[C@@H]2C1=O. The predicted molar refractivity (Wildman–Crippen MR) is 132 cm³/mol. The summed E-state index contributed by atoms with van der Waals surface area (Å²) in [4.78, 5) is 62.3. The topological polar surface area (TPSA) is 144 Å². The van der Waals surface area contributed by atoms with Crippen LogP contribution in [-0.2, 0) is 16.1 Å². The van der Waals surface area contributed by atoms with E-state index < -0.39 is 45.9 Å². The van der Waals surface area contributed by atoms with Crippen molar-refractivity contribution in [1.29, 1.82) is 0 Å². The van der Waals surface area contributed by atoms with Crippen LogP contribution in [0.2, 0.25) is 0 Å². The minimum Gasteiger partial charge on any atom is -0.272 e. The number of hydrazine groups is 1. The van der Waals surface area contributed by atoms with Crippen LogP contribution in [0.25, 0.3) is 0 Å². The zero-order valence-corrected chi connectivity index (χ0v) is 21.6. The Balaban J connectivity index is 1.55. The lowest BCUT2D eigenvalue weighted by Gasteiger charge is -2.31. The summed E-state index contributed by atoms with van der Waals surface area (Å²) in [6.45, 7) is -0.408. The first-order chi connectivity index (χ1) is 17.1. The Bertz CT molecular complexity index is 1270. The van der Waals surface area contributed by atoms with E-state index in [4.69, 9.17) is 0 Å². The van der Waals surface area contributed by atoms with Crippen LogP contribution >= 0.6 is 31.9 Å². The summed E-state index contributed by atoms with van der Waals surface area (Å²) < 4.78 is 0. The molecule has 2 aromatic carbocycles. The number of fused-ring (bicyclic) bond motifs is 5. The van der Waals surface area contributed by atoms with Crippen molar-refractivity contribution in [2.24, 2.45) is 23.7 Å². The van der Waals surface area contributed by atoms with Crippen molar-refractivity contribution < 1.29 is 24.2 Å². The van der Waals surface area contributed by atoms with Crippen molar-refractivity contribution in [2.75, 3.05) is 0 Å². The summed E-state index contributed by atoms with van der Waals surface area (Å²) >= 11 is 7.25. The van der Waals surface area contributed by atoms with Gasteiger partial charge in [0.15, 0.2) is 0 Å². The second-order valence-electron chi connectivity index (χ2n) is 9.04. The number of nitrogens with zero attached hydrogens (tertiary/aromatic N) is 4. The normalized spacial score (nSPS) is 28.3. The fourth-order valence-electron chi connectivity index (χ4n) is 5.66. The van der Waals surface area contributed by atoms with Gasteiger partial charge in [-0.25, -0.2) is 5.01 Å². The van der Waals surface area contributed by atoms with Crippen LogP contribution in [0.5, 0.6) is 0 Å². The second kappa shape index (κ2) is 9.04. The second-order valence-corrected chi connectivity index (χ2v) is 11.2. The lowest BCUT2D eigenvalue weighted by atomic mass is 9.81. The molecule has 36 heavy (non-hydrogen) atoms. The summed E-state index contributed by atoms with van der Waals surface area (Å²) in [7, 11) is 0. The van der Waals surface area contributed by atoms with E-state index in [-0.39, 0.29) is 44.0 Å². The molecule has 5 rings (SSSR count). The Kier molecular flexibility index (Phi) is 6.15. The average molecular weight is 622 g/mol. The number of carbonyl (C=O) groups is 3.